The highest BCUT2D eigenvalue weighted by Crippen LogP contribution is 2.20. The number of nitrogens with zero attached hydrogens (tertiary/aromatic N) is 2. The van der Waals surface area contributed by atoms with Crippen molar-refractivity contribution in [2.24, 2.45) is 11.7 Å². The van der Waals surface area contributed by atoms with Crippen molar-refractivity contribution in [3.8, 4) is 0 Å². The summed E-state index contributed by atoms with van der Waals surface area (Å²) in [5, 5.41) is 0. The van der Waals surface area contributed by atoms with Crippen LogP contribution in [0.1, 0.15) is 38.3 Å². The molecule has 1 heterocycles. The van der Waals surface area contributed by atoms with Crippen LogP contribution in [0.4, 0.5) is 0 Å². The van der Waals surface area contributed by atoms with E-state index >= 15 is 0 Å². The van der Waals surface area contributed by atoms with Gasteiger partial charge in [0.1, 0.15) is 0 Å². The van der Waals surface area contributed by atoms with Crippen molar-refractivity contribution in [2.45, 2.75) is 38.8 Å². The van der Waals surface area contributed by atoms with E-state index in [9.17, 15) is 0 Å². The molecule has 0 aliphatic carbocycles. The van der Waals surface area contributed by atoms with Gasteiger partial charge in [-0.05, 0) is 58.3 Å². The fourth-order valence-corrected chi connectivity index (χ4v) is 3.31. The van der Waals surface area contributed by atoms with Gasteiger partial charge in [0, 0.05) is 25.2 Å². The molecule has 3 nitrogen and oxygen atoms in total. The number of piperidine rings is 1. The minimum atomic E-state index is 0.118. The number of rotatable bonds is 6. The minimum Gasteiger partial charge on any atom is -0.323 e. The Bertz CT molecular complexity index is 396. The Hall–Kier alpha value is -0.900. The summed E-state index contributed by atoms with van der Waals surface area (Å²) in [5.41, 5.74) is 7.55. The summed E-state index contributed by atoms with van der Waals surface area (Å²) in [5.74, 6) is 0.827. The predicted molar refractivity (Wildman–Crippen MR) is 90.3 cm³/mol. The van der Waals surface area contributed by atoms with Crippen LogP contribution in [0.5, 0.6) is 0 Å². The molecular formula is C18H31N3. The lowest BCUT2D eigenvalue weighted by Crippen LogP contribution is -2.42. The van der Waals surface area contributed by atoms with E-state index in [2.05, 4.69) is 55.0 Å². The lowest BCUT2D eigenvalue weighted by atomic mass is 9.95. The lowest BCUT2D eigenvalue weighted by molar-refractivity contribution is 0.127. The van der Waals surface area contributed by atoms with E-state index in [0.717, 1.165) is 12.5 Å². The maximum Gasteiger partial charge on any atom is 0.0424 e. The van der Waals surface area contributed by atoms with Crippen LogP contribution in [0.3, 0.4) is 0 Å². The first-order valence-corrected chi connectivity index (χ1v) is 8.29. The molecule has 0 saturated carbocycles. The van der Waals surface area contributed by atoms with Crippen molar-refractivity contribution in [1.82, 2.24) is 9.80 Å². The molecule has 0 spiro atoms. The van der Waals surface area contributed by atoms with Gasteiger partial charge in [0.25, 0.3) is 0 Å². The predicted octanol–water partition coefficient (Wildman–Crippen LogP) is 2.74. The fraction of sp³-hybridized carbons (Fsp3) is 0.667. The number of nitrogens with two attached hydrogens (primary N) is 1. The maximum atomic E-state index is 6.31. The standard InChI is InChI=1S/C18H31N3/c1-15(2)21-11-9-16(10-12-21)13-20(3)14-18(19)17-7-5-4-6-8-17/h4-8,15-16,18H,9-14,19H2,1-3H3/t18-/m0/s1. The molecule has 1 fully saturated rings. The molecular weight excluding hydrogens is 258 g/mol. The third-order valence-electron chi connectivity index (χ3n) is 4.69. The quantitative estimate of drug-likeness (QED) is 0.874. The van der Waals surface area contributed by atoms with E-state index in [0.29, 0.717) is 6.04 Å². The molecule has 0 bridgehead atoms. The molecule has 0 aromatic heterocycles. The van der Waals surface area contributed by atoms with Crippen molar-refractivity contribution in [3.05, 3.63) is 35.9 Å². The van der Waals surface area contributed by atoms with E-state index in [1.165, 1.54) is 38.0 Å². The largest absolute Gasteiger partial charge is 0.323 e. The zero-order chi connectivity index (χ0) is 15.2. The second kappa shape index (κ2) is 7.92. The summed E-state index contributed by atoms with van der Waals surface area (Å²) in [4.78, 5) is 5.00. The Morgan fingerprint density at radius 3 is 2.38 bits per heavy atom. The van der Waals surface area contributed by atoms with Gasteiger partial charge in [0.05, 0.1) is 0 Å². The molecule has 1 atom stereocenters. The van der Waals surface area contributed by atoms with Crippen molar-refractivity contribution >= 4 is 0 Å². The highest BCUT2D eigenvalue weighted by molar-refractivity contribution is 5.18. The number of hydrogen-bond donors (Lipinski definition) is 1. The topological polar surface area (TPSA) is 32.5 Å². The zero-order valence-electron chi connectivity index (χ0n) is 13.8. The Kier molecular flexibility index (Phi) is 6.22. The first kappa shape index (κ1) is 16.5. The number of likely N-dealkylation sites (tertiary alicyclic amines) is 1. The molecule has 0 unspecified atom stereocenters. The average Bonchev–Trinajstić information content (AvgIpc) is 2.48. The van der Waals surface area contributed by atoms with E-state index in [1.54, 1.807) is 0 Å². The van der Waals surface area contributed by atoms with E-state index in [4.69, 9.17) is 5.73 Å². The van der Waals surface area contributed by atoms with Gasteiger partial charge in [-0.25, -0.2) is 0 Å². The van der Waals surface area contributed by atoms with Gasteiger partial charge in [-0.1, -0.05) is 30.3 Å². The Morgan fingerprint density at radius 1 is 1.19 bits per heavy atom. The third kappa shape index (κ3) is 5.10. The second-order valence-corrected chi connectivity index (χ2v) is 6.81. The van der Waals surface area contributed by atoms with Crippen LogP contribution in [-0.2, 0) is 0 Å². The molecule has 3 heteroatoms. The van der Waals surface area contributed by atoms with E-state index in [1.807, 2.05) is 6.07 Å². The van der Waals surface area contributed by atoms with Gasteiger partial charge < -0.3 is 15.5 Å². The molecule has 118 valence electrons. The molecule has 1 aromatic rings. The minimum absolute atomic E-state index is 0.118. The summed E-state index contributed by atoms with van der Waals surface area (Å²) >= 11 is 0. The lowest BCUT2D eigenvalue weighted by Gasteiger charge is -2.36. The van der Waals surface area contributed by atoms with E-state index in [-0.39, 0.29) is 6.04 Å². The van der Waals surface area contributed by atoms with Crippen LogP contribution in [0.15, 0.2) is 30.3 Å². The van der Waals surface area contributed by atoms with Crippen molar-refractivity contribution < 1.29 is 0 Å². The normalized spacial score (nSPS) is 19.3. The highest BCUT2D eigenvalue weighted by Gasteiger charge is 2.22. The molecule has 2 N–H and O–H groups in total. The SMILES string of the molecule is CC(C)N1CCC(CN(C)C[C@H](N)c2ccccc2)CC1. The summed E-state index contributed by atoms with van der Waals surface area (Å²) in [6, 6.07) is 11.2. The van der Waals surface area contributed by atoms with Crippen molar-refractivity contribution in [2.75, 3.05) is 33.2 Å². The van der Waals surface area contributed by atoms with Gasteiger partial charge in [-0.15, -0.1) is 0 Å². The van der Waals surface area contributed by atoms with E-state index < -0.39 is 0 Å². The maximum absolute atomic E-state index is 6.31. The van der Waals surface area contributed by atoms with Crippen LogP contribution in [0, 0.1) is 5.92 Å². The number of hydrogen-bond acceptors (Lipinski definition) is 3. The molecule has 1 saturated heterocycles. The van der Waals surface area contributed by atoms with Crippen LogP contribution >= 0.6 is 0 Å². The molecule has 1 aliphatic heterocycles. The first-order chi connectivity index (χ1) is 10.1. The second-order valence-electron chi connectivity index (χ2n) is 6.81. The molecule has 0 amide bonds. The van der Waals surface area contributed by atoms with Gasteiger partial charge in [-0.2, -0.15) is 0 Å². The van der Waals surface area contributed by atoms with Crippen molar-refractivity contribution in [3.63, 3.8) is 0 Å². The zero-order valence-corrected chi connectivity index (χ0v) is 13.8. The Morgan fingerprint density at radius 2 is 1.81 bits per heavy atom. The summed E-state index contributed by atoms with van der Waals surface area (Å²) in [7, 11) is 2.21. The van der Waals surface area contributed by atoms with Gasteiger partial charge in [0.2, 0.25) is 0 Å². The summed E-state index contributed by atoms with van der Waals surface area (Å²) in [6.07, 6.45) is 2.65. The van der Waals surface area contributed by atoms with Crippen LogP contribution < -0.4 is 5.73 Å². The van der Waals surface area contributed by atoms with Gasteiger partial charge >= 0.3 is 0 Å². The third-order valence-corrected chi connectivity index (χ3v) is 4.69. The first-order valence-electron chi connectivity index (χ1n) is 8.29. The highest BCUT2D eigenvalue weighted by atomic mass is 15.2. The van der Waals surface area contributed by atoms with Crippen LogP contribution in [0.25, 0.3) is 0 Å². The monoisotopic (exact) mass is 289 g/mol. The molecule has 0 radical (unpaired) electrons. The molecule has 1 aliphatic rings. The van der Waals surface area contributed by atoms with Gasteiger partial charge in [-0.3, -0.25) is 0 Å². The summed E-state index contributed by atoms with van der Waals surface area (Å²) in [6.45, 7) is 9.21. The molecule has 1 aromatic carbocycles. The number of likely N-dealkylation sites (N-methyl/N-ethyl adjacent to an activating group) is 1. The Balaban J connectivity index is 1.74. The molecule has 2 rings (SSSR count). The van der Waals surface area contributed by atoms with Crippen LogP contribution in [0.2, 0.25) is 0 Å². The summed E-state index contributed by atoms with van der Waals surface area (Å²) < 4.78 is 0. The van der Waals surface area contributed by atoms with Gasteiger partial charge in [0.15, 0.2) is 0 Å². The van der Waals surface area contributed by atoms with Crippen LogP contribution in [-0.4, -0.2) is 49.1 Å². The smallest absolute Gasteiger partial charge is 0.0424 e. The average molecular weight is 289 g/mol. The number of benzene rings is 1. The Labute approximate surface area is 130 Å². The fourth-order valence-electron chi connectivity index (χ4n) is 3.31. The van der Waals surface area contributed by atoms with Crippen molar-refractivity contribution in [1.29, 1.82) is 0 Å². The molecule has 21 heavy (non-hydrogen) atoms.